The Bertz CT molecular complexity index is 518. The van der Waals surface area contributed by atoms with Crippen molar-refractivity contribution in [3.05, 3.63) is 23.5 Å². The minimum Gasteiger partial charge on any atom is -0.466 e. The SMILES string of the molecule is CCOC(=O)CCNS(=O)(=O)c1cnccc1Cl. The zero-order valence-corrected chi connectivity index (χ0v) is 11.3. The summed E-state index contributed by atoms with van der Waals surface area (Å²) in [5.41, 5.74) is 0. The van der Waals surface area contributed by atoms with Crippen LogP contribution in [-0.2, 0) is 19.6 Å². The van der Waals surface area contributed by atoms with Crippen molar-refractivity contribution in [2.75, 3.05) is 13.2 Å². The van der Waals surface area contributed by atoms with E-state index in [4.69, 9.17) is 11.6 Å². The molecule has 100 valence electrons. The first-order chi connectivity index (χ1) is 8.47. The number of halogens is 1. The number of nitrogens with one attached hydrogen (secondary N) is 1. The molecule has 0 aliphatic rings. The lowest BCUT2D eigenvalue weighted by Gasteiger charge is -2.07. The summed E-state index contributed by atoms with van der Waals surface area (Å²) in [5, 5.41) is 0.0774. The molecule has 0 spiro atoms. The van der Waals surface area contributed by atoms with E-state index in [1.54, 1.807) is 6.92 Å². The summed E-state index contributed by atoms with van der Waals surface area (Å²) < 4.78 is 30.5. The number of pyridine rings is 1. The van der Waals surface area contributed by atoms with Gasteiger partial charge >= 0.3 is 5.97 Å². The second-order valence-electron chi connectivity index (χ2n) is 3.26. The highest BCUT2D eigenvalue weighted by Crippen LogP contribution is 2.18. The van der Waals surface area contributed by atoms with E-state index in [0.717, 1.165) is 6.20 Å². The molecule has 18 heavy (non-hydrogen) atoms. The summed E-state index contributed by atoms with van der Waals surface area (Å²) in [6.07, 6.45) is 2.50. The molecule has 0 bridgehead atoms. The van der Waals surface area contributed by atoms with Crippen LogP contribution >= 0.6 is 11.6 Å². The molecule has 0 fully saturated rings. The van der Waals surface area contributed by atoms with Gasteiger partial charge in [0, 0.05) is 18.9 Å². The van der Waals surface area contributed by atoms with Crippen LogP contribution in [0.15, 0.2) is 23.4 Å². The third-order valence-electron chi connectivity index (χ3n) is 1.95. The van der Waals surface area contributed by atoms with Gasteiger partial charge in [0.1, 0.15) is 4.90 Å². The van der Waals surface area contributed by atoms with Gasteiger partial charge in [-0.1, -0.05) is 11.6 Å². The van der Waals surface area contributed by atoms with Crippen LogP contribution < -0.4 is 4.72 Å². The van der Waals surface area contributed by atoms with Crippen LogP contribution in [0.3, 0.4) is 0 Å². The van der Waals surface area contributed by atoms with Crippen molar-refractivity contribution < 1.29 is 17.9 Å². The fourth-order valence-corrected chi connectivity index (χ4v) is 2.62. The third-order valence-corrected chi connectivity index (χ3v) is 3.88. The Labute approximate surface area is 110 Å². The molecule has 0 aliphatic heterocycles. The van der Waals surface area contributed by atoms with Crippen LogP contribution in [0.5, 0.6) is 0 Å². The number of nitrogens with zero attached hydrogens (tertiary/aromatic N) is 1. The zero-order valence-electron chi connectivity index (χ0n) is 9.72. The first-order valence-corrected chi connectivity index (χ1v) is 7.08. The number of rotatable bonds is 6. The molecule has 6 nitrogen and oxygen atoms in total. The van der Waals surface area contributed by atoms with Gasteiger partial charge in [0.15, 0.2) is 0 Å². The zero-order chi connectivity index (χ0) is 13.6. The summed E-state index contributed by atoms with van der Waals surface area (Å²) in [5.74, 6) is -0.461. The fourth-order valence-electron chi connectivity index (χ4n) is 1.16. The molecule has 0 saturated heterocycles. The Balaban J connectivity index is 2.61. The van der Waals surface area contributed by atoms with E-state index in [1.165, 1.54) is 12.3 Å². The largest absolute Gasteiger partial charge is 0.466 e. The Hall–Kier alpha value is -1.18. The Morgan fingerprint density at radius 2 is 2.28 bits per heavy atom. The van der Waals surface area contributed by atoms with Crippen molar-refractivity contribution in [2.24, 2.45) is 0 Å². The van der Waals surface area contributed by atoms with Gasteiger partial charge in [-0.2, -0.15) is 0 Å². The molecule has 1 N–H and O–H groups in total. The number of ether oxygens (including phenoxy) is 1. The smallest absolute Gasteiger partial charge is 0.307 e. The summed E-state index contributed by atoms with van der Waals surface area (Å²) in [6.45, 7) is 1.89. The highest BCUT2D eigenvalue weighted by molar-refractivity contribution is 7.89. The summed E-state index contributed by atoms with van der Waals surface area (Å²) >= 11 is 5.75. The molecule has 0 atom stereocenters. The number of aromatic nitrogens is 1. The van der Waals surface area contributed by atoms with E-state index in [-0.39, 0.29) is 29.5 Å². The van der Waals surface area contributed by atoms with Gasteiger partial charge in [0.2, 0.25) is 10.0 Å². The molecule has 1 aromatic heterocycles. The summed E-state index contributed by atoms with van der Waals surface area (Å²) in [4.78, 5) is 14.6. The van der Waals surface area contributed by atoms with E-state index < -0.39 is 16.0 Å². The maximum atomic E-state index is 11.8. The molecule has 8 heteroatoms. The monoisotopic (exact) mass is 292 g/mol. The van der Waals surface area contributed by atoms with Crippen LogP contribution in [-0.4, -0.2) is 32.5 Å². The van der Waals surface area contributed by atoms with Gasteiger partial charge in [0.25, 0.3) is 0 Å². The predicted molar refractivity (Wildman–Crippen MR) is 65.7 cm³/mol. The molecule has 1 aromatic rings. The molecule has 0 saturated carbocycles. The molecule has 0 radical (unpaired) electrons. The molecule has 0 aromatic carbocycles. The average Bonchev–Trinajstić information content (AvgIpc) is 2.29. The van der Waals surface area contributed by atoms with E-state index >= 15 is 0 Å². The first-order valence-electron chi connectivity index (χ1n) is 5.22. The first kappa shape index (κ1) is 14.9. The van der Waals surface area contributed by atoms with Gasteiger partial charge < -0.3 is 4.74 Å². The maximum absolute atomic E-state index is 11.8. The van der Waals surface area contributed by atoms with E-state index in [1.807, 2.05) is 0 Å². The van der Waals surface area contributed by atoms with Crippen molar-refractivity contribution in [1.82, 2.24) is 9.71 Å². The molecule has 1 heterocycles. The van der Waals surface area contributed by atoms with Gasteiger partial charge in [-0.05, 0) is 13.0 Å². The summed E-state index contributed by atoms with van der Waals surface area (Å²) in [6, 6.07) is 1.38. The van der Waals surface area contributed by atoms with Gasteiger partial charge in [-0.15, -0.1) is 0 Å². The molecule has 0 unspecified atom stereocenters. The highest BCUT2D eigenvalue weighted by Gasteiger charge is 2.17. The van der Waals surface area contributed by atoms with Crippen LogP contribution in [0, 0.1) is 0 Å². The lowest BCUT2D eigenvalue weighted by atomic mass is 10.4. The van der Waals surface area contributed by atoms with Crippen molar-refractivity contribution in [3.8, 4) is 0 Å². The van der Waals surface area contributed by atoms with Crippen LogP contribution in [0.1, 0.15) is 13.3 Å². The molecular formula is C10H13ClN2O4S. The quantitative estimate of drug-likeness (QED) is 0.790. The van der Waals surface area contributed by atoms with Crippen LogP contribution in [0.4, 0.5) is 0 Å². The minimum atomic E-state index is -3.75. The minimum absolute atomic E-state index is 0.0368. The second kappa shape index (κ2) is 6.67. The van der Waals surface area contributed by atoms with E-state index in [9.17, 15) is 13.2 Å². The van der Waals surface area contributed by atoms with Gasteiger partial charge in [-0.25, -0.2) is 13.1 Å². The number of hydrogen-bond acceptors (Lipinski definition) is 5. The number of carbonyl (C=O) groups is 1. The molecule has 0 amide bonds. The number of sulfonamides is 1. The maximum Gasteiger partial charge on any atom is 0.307 e. The number of carbonyl (C=O) groups excluding carboxylic acids is 1. The average molecular weight is 293 g/mol. The lowest BCUT2D eigenvalue weighted by Crippen LogP contribution is -2.27. The van der Waals surface area contributed by atoms with Crippen molar-refractivity contribution in [3.63, 3.8) is 0 Å². The van der Waals surface area contributed by atoms with E-state index in [0.29, 0.717) is 0 Å². The Morgan fingerprint density at radius 1 is 1.56 bits per heavy atom. The lowest BCUT2D eigenvalue weighted by molar-refractivity contribution is -0.142. The molecule has 1 rings (SSSR count). The van der Waals surface area contributed by atoms with Crippen molar-refractivity contribution >= 4 is 27.6 Å². The van der Waals surface area contributed by atoms with Crippen LogP contribution in [0.25, 0.3) is 0 Å². The standard InChI is InChI=1S/C10H13ClN2O4S/c1-2-17-10(14)4-6-13-18(15,16)9-7-12-5-3-8(9)11/h3,5,7,13H,2,4,6H2,1H3. The summed E-state index contributed by atoms with van der Waals surface area (Å²) in [7, 11) is -3.75. The number of esters is 1. The van der Waals surface area contributed by atoms with Crippen molar-refractivity contribution in [2.45, 2.75) is 18.2 Å². The van der Waals surface area contributed by atoms with Crippen LogP contribution in [0.2, 0.25) is 5.02 Å². The fraction of sp³-hybridized carbons (Fsp3) is 0.400. The normalized spacial score (nSPS) is 11.2. The Kier molecular flexibility index (Phi) is 5.52. The molecule has 0 aliphatic carbocycles. The second-order valence-corrected chi connectivity index (χ2v) is 5.40. The van der Waals surface area contributed by atoms with E-state index in [2.05, 4.69) is 14.4 Å². The number of hydrogen-bond donors (Lipinski definition) is 1. The molecular weight excluding hydrogens is 280 g/mol. The predicted octanol–water partition coefficient (Wildman–Crippen LogP) is 0.966. The van der Waals surface area contributed by atoms with Crippen molar-refractivity contribution in [1.29, 1.82) is 0 Å². The topological polar surface area (TPSA) is 85.4 Å². The highest BCUT2D eigenvalue weighted by atomic mass is 35.5. The van der Waals surface area contributed by atoms with Gasteiger partial charge in [-0.3, -0.25) is 9.78 Å². The Morgan fingerprint density at radius 3 is 2.89 bits per heavy atom. The third kappa shape index (κ3) is 4.25. The van der Waals surface area contributed by atoms with Gasteiger partial charge in [0.05, 0.1) is 18.1 Å².